The number of nitrogens with two attached hydrogens (primary N) is 1. The van der Waals surface area contributed by atoms with Crippen molar-refractivity contribution < 1.29 is 4.79 Å². The van der Waals surface area contributed by atoms with E-state index in [1.807, 2.05) is 0 Å². The number of carbonyl (C=O) groups excluding carboxylic acids is 1. The highest BCUT2D eigenvalue weighted by molar-refractivity contribution is 8.00. The monoisotopic (exact) mass is 269 g/mol. The number of aryl methyl sites for hydroxylation is 1. The van der Waals surface area contributed by atoms with Gasteiger partial charge < -0.3 is 11.2 Å². The summed E-state index contributed by atoms with van der Waals surface area (Å²) in [6.45, 7) is 3.28. The van der Waals surface area contributed by atoms with Crippen LogP contribution in [0, 0.1) is 6.92 Å². The van der Waals surface area contributed by atoms with Crippen molar-refractivity contribution in [1.29, 1.82) is 0 Å². The van der Waals surface area contributed by atoms with E-state index in [0.717, 1.165) is 29.3 Å². The van der Waals surface area contributed by atoms with Crippen LogP contribution in [-0.2, 0) is 4.79 Å². The second-order valence-electron chi connectivity index (χ2n) is 4.29. The summed E-state index contributed by atoms with van der Waals surface area (Å²) in [5.41, 5.74) is -0.167. The summed E-state index contributed by atoms with van der Waals surface area (Å²) in [5.74, 6) is 5.52. The zero-order chi connectivity index (χ0) is 13.3. The van der Waals surface area contributed by atoms with Gasteiger partial charge in [0.05, 0.1) is 5.25 Å². The fourth-order valence-electron chi connectivity index (χ4n) is 1.31. The Morgan fingerprint density at radius 1 is 1.56 bits per heavy atom. The minimum absolute atomic E-state index is 0.0719. The number of carbonyl (C=O) groups is 1. The Morgan fingerprint density at radius 3 is 2.83 bits per heavy atom. The molecule has 1 aromatic heterocycles. The van der Waals surface area contributed by atoms with Crippen LogP contribution in [-0.4, -0.2) is 32.1 Å². The number of nitrogens with one attached hydrogen (secondary N) is 1. The van der Waals surface area contributed by atoms with Crippen LogP contribution in [0.4, 0.5) is 0 Å². The Morgan fingerprint density at radius 2 is 2.22 bits per heavy atom. The fraction of sp³-hybridized carbons (Fsp3) is 0.600. The highest BCUT2D eigenvalue weighted by Gasteiger charge is 2.26. The van der Waals surface area contributed by atoms with Crippen molar-refractivity contribution >= 4 is 17.7 Å². The Hall–Kier alpha value is -1.57. The molecular formula is C10H15N5O2S. The largest absolute Gasteiger partial charge is 0.352 e. The molecule has 98 valence electrons. The van der Waals surface area contributed by atoms with Gasteiger partial charge in [0.25, 0.3) is 5.56 Å². The number of thioether (sulfide) groups is 1. The average molecular weight is 269 g/mol. The molecule has 0 unspecified atom stereocenters. The molecule has 0 aliphatic heterocycles. The Labute approximate surface area is 108 Å². The third-order valence-electron chi connectivity index (χ3n) is 2.60. The van der Waals surface area contributed by atoms with E-state index in [2.05, 4.69) is 15.5 Å². The maximum atomic E-state index is 11.8. The second kappa shape index (κ2) is 4.97. The van der Waals surface area contributed by atoms with Crippen molar-refractivity contribution in [2.24, 2.45) is 0 Å². The molecule has 8 heteroatoms. The van der Waals surface area contributed by atoms with Crippen molar-refractivity contribution in [3.8, 4) is 0 Å². The van der Waals surface area contributed by atoms with E-state index in [4.69, 9.17) is 5.84 Å². The van der Waals surface area contributed by atoms with Gasteiger partial charge in [-0.15, -0.1) is 10.2 Å². The van der Waals surface area contributed by atoms with Gasteiger partial charge in [0.2, 0.25) is 11.1 Å². The van der Waals surface area contributed by atoms with Crippen molar-refractivity contribution in [3.05, 3.63) is 16.0 Å². The molecule has 0 saturated heterocycles. The number of hydrogen-bond donors (Lipinski definition) is 2. The van der Waals surface area contributed by atoms with Gasteiger partial charge in [0.15, 0.2) is 0 Å². The fourth-order valence-corrected chi connectivity index (χ4v) is 2.08. The van der Waals surface area contributed by atoms with Gasteiger partial charge in [-0.2, -0.15) is 4.68 Å². The quantitative estimate of drug-likeness (QED) is 0.560. The normalized spacial score (nSPS) is 16.3. The number of rotatable bonds is 4. The molecule has 1 amide bonds. The summed E-state index contributed by atoms with van der Waals surface area (Å²) in [4.78, 5) is 23.3. The molecule has 3 N–H and O–H groups in total. The number of aromatic nitrogens is 3. The molecule has 18 heavy (non-hydrogen) atoms. The highest BCUT2D eigenvalue weighted by atomic mass is 32.2. The summed E-state index contributed by atoms with van der Waals surface area (Å²) in [6.07, 6.45) is 2.07. The lowest BCUT2D eigenvalue weighted by atomic mass is 10.4. The molecule has 1 atom stereocenters. The Bertz CT molecular complexity index is 525. The first-order chi connectivity index (χ1) is 8.49. The Kier molecular flexibility index (Phi) is 3.55. The van der Waals surface area contributed by atoms with Crippen LogP contribution < -0.4 is 16.7 Å². The van der Waals surface area contributed by atoms with Gasteiger partial charge in [-0.05, 0) is 26.7 Å². The molecule has 7 nitrogen and oxygen atoms in total. The molecular weight excluding hydrogens is 254 g/mol. The minimum atomic E-state index is -0.401. The zero-order valence-corrected chi connectivity index (χ0v) is 11.0. The number of hydrogen-bond acceptors (Lipinski definition) is 6. The molecule has 1 heterocycles. The van der Waals surface area contributed by atoms with Gasteiger partial charge in [0.1, 0.15) is 5.69 Å². The lowest BCUT2D eigenvalue weighted by molar-refractivity contribution is -0.120. The lowest BCUT2D eigenvalue weighted by Gasteiger charge is -2.12. The van der Waals surface area contributed by atoms with Crippen LogP contribution in [0.1, 0.15) is 25.5 Å². The highest BCUT2D eigenvalue weighted by Crippen LogP contribution is 2.22. The first kappa shape index (κ1) is 12.9. The van der Waals surface area contributed by atoms with E-state index in [9.17, 15) is 9.59 Å². The van der Waals surface area contributed by atoms with E-state index >= 15 is 0 Å². The van der Waals surface area contributed by atoms with Gasteiger partial charge in [-0.3, -0.25) is 9.59 Å². The molecule has 1 aliphatic carbocycles. The number of nitrogens with zero attached hydrogens (tertiary/aromatic N) is 3. The van der Waals surface area contributed by atoms with Gasteiger partial charge in [-0.1, -0.05) is 11.8 Å². The van der Waals surface area contributed by atoms with Crippen LogP contribution >= 0.6 is 11.8 Å². The second-order valence-corrected chi connectivity index (χ2v) is 5.59. The average Bonchev–Trinajstić information content (AvgIpc) is 3.13. The molecule has 1 aliphatic rings. The van der Waals surface area contributed by atoms with E-state index in [0.29, 0.717) is 6.04 Å². The number of nitrogen functional groups attached to an aromatic ring is 1. The van der Waals surface area contributed by atoms with Crippen molar-refractivity contribution in [3.63, 3.8) is 0 Å². The van der Waals surface area contributed by atoms with Crippen LogP contribution in [0.25, 0.3) is 0 Å². The van der Waals surface area contributed by atoms with Crippen molar-refractivity contribution in [2.75, 3.05) is 5.84 Å². The van der Waals surface area contributed by atoms with Gasteiger partial charge >= 0.3 is 0 Å². The summed E-state index contributed by atoms with van der Waals surface area (Å²) >= 11 is 1.12. The maximum Gasteiger partial charge on any atom is 0.294 e. The smallest absolute Gasteiger partial charge is 0.294 e. The topological polar surface area (TPSA) is 103 Å². The summed E-state index contributed by atoms with van der Waals surface area (Å²) in [7, 11) is 0. The SMILES string of the molecule is Cc1nnc(S[C@H](C)C(=O)NC2CC2)n(N)c1=O. The molecule has 0 aromatic carbocycles. The predicted molar refractivity (Wildman–Crippen MR) is 67.7 cm³/mol. The minimum Gasteiger partial charge on any atom is -0.352 e. The molecule has 0 bridgehead atoms. The third kappa shape index (κ3) is 2.81. The molecule has 1 saturated carbocycles. The van der Waals surface area contributed by atoms with Gasteiger partial charge in [-0.25, -0.2) is 0 Å². The van der Waals surface area contributed by atoms with Crippen LogP contribution in [0.15, 0.2) is 9.95 Å². The standard InChI is InChI=1S/C10H15N5O2S/c1-5-9(17)15(11)10(14-13-5)18-6(2)8(16)12-7-3-4-7/h6-7H,3-4,11H2,1-2H3,(H,12,16)/t6-/m1/s1. The van der Waals surface area contributed by atoms with Crippen molar-refractivity contribution in [2.45, 2.75) is 43.1 Å². The maximum absolute atomic E-state index is 11.8. The van der Waals surface area contributed by atoms with Crippen LogP contribution in [0.3, 0.4) is 0 Å². The zero-order valence-electron chi connectivity index (χ0n) is 10.2. The van der Waals surface area contributed by atoms with E-state index in [1.165, 1.54) is 6.92 Å². The molecule has 1 aromatic rings. The van der Waals surface area contributed by atoms with Gasteiger partial charge in [0, 0.05) is 6.04 Å². The number of amides is 1. The molecule has 0 radical (unpaired) electrons. The summed E-state index contributed by atoms with van der Waals surface area (Å²) in [5, 5.41) is 10.3. The third-order valence-corrected chi connectivity index (χ3v) is 3.65. The van der Waals surface area contributed by atoms with Crippen molar-refractivity contribution in [1.82, 2.24) is 20.2 Å². The van der Waals surface area contributed by atoms with Crippen LogP contribution in [0.2, 0.25) is 0 Å². The van der Waals surface area contributed by atoms with E-state index in [-0.39, 0.29) is 22.0 Å². The first-order valence-corrected chi connectivity index (χ1v) is 6.55. The summed E-state index contributed by atoms with van der Waals surface area (Å²) in [6, 6.07) is 0.310. The van der Waals surface area contributed by atoms with E-state index in [1.54, 1.807) is 6.92 Å². The molecule has 2 rings (SSSR count). The van der Waals surface area contributed by atoms with E-state index < -0.39 is 5.56 Å². The predicted octanol–water partition coefficient (Wildman–Crippen LogP) is -0.580. The Balaban J connectivity index is 2.06. The molecule has 0 spiro atoms. The lowest BCUT2D eigenvalue weighted by Crippen LogP contribution is -2.35. The van der Waals surface area contributed by atoms with Crippen LogP contribution in [0.5, 0.6) is 0 Å². The molecule has 1 fully saturated rings. The first-order valence-electron chi connectivity index (χ1n) is 5.67. The summed E-state index contributed by atoms with van der Waals surface area (Å²) < 4.78 is 0.925.